The lowest BCUT2D eigenvalue weighted by Crippen LogP contribution is -2.30. The number of carbonyl (C=O) groups is 2. The van der Waals surface area contributed by atoms with Crippen molar-refractivity contribution >= 4 is 27.8 Å². The average Bonchev–Trinajstić information content (AvgIpc) is 2.94. The molecule has 22 heavy (non-hydrogen) atoms. The van der Waals surface area contributed by atoms with E-state index >= 15 is 0 Å². The van der Waals surface area contributed by atoms with Gasteiger partial charge < -0.3 is 14.5 Å². The summed E-state index contributed by atoms with van der Waals surface area (Å²) < 4.78 is 23.2. The van der Waals surface area contributed by atoms with Gasteiger partial charge in [-0.1, -0.05) is 12.1 Å². The predicted molar refractivity (Wildman–Crippen MR) is 79.6 cm³/mol. The third-order valence-electron chi connectivity index (χ3n) is 2.97. The average molecular weight is 370 g/mol. The molecule has 0 spiro atoms. The van der Waals surface area contributed by atoms with Crippen molar-refractivity contribution in [3.05, 3.63) is 58.2 Å². The fourth-order valence-electron chi connectivity index (χ4n) is 1.86. The summed E-state index contributed by atoms with van der Waals surface area (Å²) in [6, 6.07) is 7.96. The molecular formula is C15H13BrFNO4. The molecule has 0 aliphatic rings. The van der Waals surface area contributed by atoms with Gasteiger partial charge in [-0.25, -0.2) is 4.39 Å². The maximum absolute atomic E-state index is 13.0. The van der Waals surface area contributed by atoms with Gasteiger partial charge in [-0.2, -0.15) is 0 Å². The van der Waals surface area contributed by atoms with Crippen molar-refractivity contribution < 1.29 is 23.1 Å². The fraction of sp³-hybridized carbons (Fsp3) is 0.200. The number of nitrogens with one attached hydrogen (secondary N) is 1. The van der Waals surface area contributed by atoms with Gasteiger partial charge in [0.05, 0.1) is 19.6 Å². The number of hydrogen-bond donors (Lipinski definition) is 1. The van der Waals surface area contributed by atoms with Crippen LogP contribution in [-0.2, 0) is 9.53 Å². The second kappa shape index (κ2) is 7.22. The lowest BCUT2D eigenvalue weighted by Gasteiger charge is -2.17. The van der Waals surface area contributed by atoms with E-state index in [1.54, 1.807) is 6.07 Å². The summed E-state index contributed by atoms with van der Waals surface area (Å²) >= 11 is 3.11. The second-order valence-electron chi connectivity index (χ2n) is 4.46. The molecule has 0 fully saturated rings. The van der Waals surface area contributed by atoms with Crippen molar-refractivity contribution in [2.24, 2.45) is 0 Å². The molecule has 1 aromatic heterocycles. The van der Waals surface area contributed by atoms with E-state index in [0.29, 0.717) is 10.2 Å². The zero-order valence-electron chi connectivity index (χ0n) is 11.6. The van der Waals surface area contributed by atoms with E-state index in [4.69, 9.17) is 4.42 Å². The monoisotopic (exact) mass is 369 g/mol. The second-order valence-corrected chi connectivity index (χ2v) is 5.24. The lowest BCUT2D eigenvalue weighted by molar-refractivity contribution is -0.141. The molecule has 5 nitrogen and oxygen atoms in total. The minimum absolute atomic E-state index is 0.0737. The van der Waals surface area contributed by atoms with Gasteiger partial charge in [0.25, 0.3) is 5.91 Å². The molecule has 0 saturated heterocycles. The minimum Gasteiger partial charge on any atom is -0.469 e. The van der Waals surface area contributed by atoms with Crippen LogP contribution in [0.15, 0.2) is 45.5 Å². The van der Waals surface area contributed by atoms with Crippen LogP contribution in [0.5, 0.6) is 0 Å². The van der Waals surface area contributed by atoms with E-state index in [0.717, 1.165) is 0 Å². The van der Waals surface area contributed by atoms with Crippen LogP contribution >= 0.6 is 15.9 Å². The summed E-state index contributed by atoms with van der Waals surface area (Å²) in [5.41, 5.74) is 0.589. The summed E-state index contributed by atoms with van der Waals surface area (Å²) in [4.78, 5) is 23.6. The normalized spacial score (nSPS) is 11.8. The SMILES string of the molecule is COC(=O)C[C@H](NC(=O)c1ccc(Br)o1)c1ccc(F)cc1. The zero-order chi connectivity index (χ0) is 16.1. The highest BCUT2D eigenvalue weighted by Crippen LogP contribution is 2.20. The number of furan rings is 1. The Kier molecular flexibility index (Phi) is 5.32. The van der Waals surface area contributed by atoms with Gasteiger partial charge in [0.15, 0.2) is 10.4 Å². The van der Waals surface area contributed by atoms with Crippen molar-refractivity contribution in [2.75, 3.05) is 7.11 Å². The molecule has 1 atom stereocenters. The van der Waals surface area contributed by atoms with Crippen LogP contribution in [0.1, 0.15) is 28.6 Å². The predicted octanol–water partition coefficient (Wildman–Crippen LogP) is 3.22. The molecule has 1 heterocycles. The molecule has 0 aliphatic carbocycles. The summed E-state index contributed by atoms with van der Waals surface area (Å²) in [5, 5.41) is 2.67. The van der Waals surface area contributed by atoms with Gasteiger partial charge >= 0.3 is 5.97 Å². The number of ether oxygens (including phenoxy) is 1. The molecule has 1 aromatic carbocycles. The first-order chi connectivity index (χ1) is 10.5. The molecule has 0 radical (unpaired) electrons. The highest BCUT2D eigenvalue weighted by Gasteiger charge is 2.21. The Labute approximate surface area is 134 Å². The fourth-order valence-corrected chi connectivity index (χ4v) is 2.17. The maximum Gasteiger partial charge on any atom is 0.307 e. The summed E-state index contributed by atoms with van der Waals surface area (Å²) in [5.74, 6) is -1.27. The standard InChI is InChI=1S/C15H13BrFNO4/c1-21-14(19)8-11(9-2-4-10(17)5-3-9)18-15(20)12-6-7-13(16)22-12/h2-7,11H,8H2,1H3,(H,18,20)/t11-/m0/s1. The van der Waals surface area contributed by atoms with Crippen LogP contribution in [0.3, 0.4) is 0 Å². The van der Waals surface area contributed by atoms with Crippen molar-refractivity contribution in [3.8, 4) is 0 Å². The van der Waals surface area contributed by atoms with Crippen LogP contribution in [-0.4, -0.2) is 19.0 Å². The van der Waals surface area contributed by atoms with Gasteiger partial charge in [-0.05, 0) is 45.8 Å². The van der Waals surface area contributed by atoms with Crippen molar-refractivity contribution in [1.29, 1.82) is 0 Å². The van der Waals surface area contributed by atoms with Crippen molar-refractivity contribution in [1.82, 2.24) is 5.32 Å². The highest BCUT2D eigenvalue weighted by molar-refractivity contribution is 9.10. The van der Waals surface area contributed by atoms with E-state index < -0.39 is 23.7 Å². The summed E-state index contributed by atoms with van der Waals surface area (Å²) in [6.07, 6.45) is -0.0737. The number of benzene rings is 1. The first-order valence-electron chi connectivity index (χ1n) is 6.38. The van der Waals surface area contributed by atoms with Crippen molar-refractivity contribution in [2.45, 2.75) is 12.5 Å². The molecule has 0 bridgehead atoms. The Balaban J connectivity index is 2.18. The number of carbonyl (C=O) groups excluding carboxylic acids is 2. The summed E-state index contributed by atoms with van der Waals surface area (Å²) in [6.45, 7) is 0. The van der Waals surface area contributed by atoms with E-state index in [-0.39, 0.29) is 12.2 Å². The minimum atomic E-state index is -0.649. The molecule has 0 saturated carbocycles. The lowest BCUT2D eigenvalue weighted by atomic mass is 10.0. The molecule has 1 amide bonds. The van der Waals surface area contributed by atoms with E-state index in [2.05, 4.69) is 26.0 Å². The molecule has 0 unspecified atom stereocenters. The maximum atomic E-state index is 13.0. The number of halogens is 2. The Bertz CT molecular complexity index is 668. The largest absolute Gasteiger partial charge is 0.469 e. The number of amides is 1. The highest BCUT2D eigenvalue weighted by atomic mass is 79.9. The third-order valence-corrected chi connectivity index (χ3v) is 3.40. The Morgan fingerprint density at radius 3 is 2.50 bits per heavy atom. The summed E-state index contributed by atoms with van der Waals surface area (Å²) in [7, 11) is 1.26. The number of hydrogen-bond acceptors (Lipinski definition) is 4. The molecule has 2 aromatic rings. The quantitative estimate of drug-likeness (QED) is 0.821. The van der Waals surface area contributed by atoms with Crippen LogP contribution < -0.4 is 5.32 Å². The van der Waals surface area contributed by atoms with Crippen LogP contribution in [0.4, 0.5) is 4.39 Å². The molecule has 116 valence electrons. The molecule has 1 N–H and O–H groups in total. The van der Waals surface area contributed by atoms with Gasteiger partial charge in [-0.3, -0.25) is 9.59 Å². The first-order valence-corrected chi connectivity index (χ1v) is 7.17. The molecule has 7 heteroatoms. The van der Waals surface area contributed by atoms with Gasteiger partial charge in [0, 0.05) is 0 Å². The van der Waals surface area contributed by atoms with Gasteiger partial charge in [-0.15, -0.1) is 0 Å². The zero-order valence-corrected chi connectivity index (χ0v) is 13.2. The van der Waals surface area contributed by atoms with Gasteiger partial charge in [0.2, 0.25) is 0 Å². The van der Waals surface area contributed by atoms with E-state index in [9.17, 15) is 14.0 Å². The Morgan fingerprint density at radius 2 is 1.95 bits per heavy atom. The Morgan fingerprint density at radius 1 is 1.27 bits per heavy atom. The first kappa shape index (κ1) is 16.2. The molecule has 0 aliphatic heterocycles. The van der Waals surface area contributed by atoms with E-state index in [1.807, 2.05) is 0 Å². The van der Waals surface area contributed by atoms with E-state index in [1.165, 1.54) is 37.4 Å². The number of esters is 1. The van der Waals surface area contributed by atoms with Gasteiger partial charge in [0.1, 0.15) is 5.82 Å². The number of methoxy groups -OCH3 is 1. The smallest absolute Gasteiger partial charge is 0.307 e. The third kappa shape index (κ3) is 4.17. The molecular weight excluding hydrogens is 357 g/mol. The number of rotatable bonds is 5. The Hall–Kier alpha value is -2.15. The topological polar surface area (TPSA) is 68.5 Å². The van der Waals surface area contributed by atoms with Crippen LogP contribution in [0.25, 0.3) is 0 Å². The van der Waals surface area contributed by atoms with Crippen molar-refractivity contribution in [3.63, 3.8) is 0 Å². The van der Waals surface area contributed by atoms with Crippen LogP contribution in [0.2, 0.25) is 0 Å². The molecule has 2 rings (SSSR count). The van der Waals surface area contributed by atoms with Crippen LogP contribution in [0, 0.1) is 5.82 Å².